The van der Waals surface area contributed by atoms with E-state index in [1.54, 1.807) is 11.9 Å². The Hall–Kier alpha value is -3.15. The number of benzene rings is 2. The van der Waals surface area contributed by atoms with E-state index in [0.29, 0.717) is 18.7 Å². The minimum Gasteiger partial charge on any atom is -0.326 e. The molecule has 2 amide bonds. The van der Waals surface area contributed by atoms with Gasteiger partial charge in [0.25, 0.3) is 0 Å². The van der Waals surface area contributed by atoms with Crippen molar-refractivity contribution in [3.8, 4) is 0 Å². The zero-order valence-corrected chi connectivity index (χ0v) is 14.4. The van der Waals surface area contributed by atoms with Gasteiger partial charge >= 0.3 is 0 Å². The van der Waals surface area contributed by atoms with Crippen molar-refractivity contribution in [3.63, 3.8) is 0 Å². The molecule has 0 aliphatic carbocycles. The molecular formula is C19H18N4O3. The largest absolute Gasteiger partial charge is 0.326 e. The number of carbonyl (C=O) groups excluding carboxylic acids is 3. The Bertz CT molecular complexity index is 978. The van der Waals surface area contributed by atoms with Crippen LogP contribution in [0.5, 0.6) is 0 Å². The van der Waals surface area contributed by atoms with Gasteiger partial charge in [-0.15, -0.1) is 0 Å². The van der Waals surface area contributed by atoms with E-state index in [2.05, 4.69) is 0 Å². The Labute approximate surface area is 150 Å². The van der Waals surface area contributed by atoms with Crippen molar-refractivity contribution < 1.29 is 14.4 Å². The number of fused-ring (bicyclic) bond motifs is 3. The predicted molar refractivity (Wildman–Crippen MR) is 97.6 cm³/mol. The van der Waals surface area contributed by atoms with E-state index in [1.807, 2.05) is 36.3 Å². The fourth-order valence-corrected chi connectivity index (χ4v) is 3.74. The third kappa shape index (κ3) is 2.15. The summed E-state index contributed by atoms with van der Waals surface area (Å²) < 4.78 is 0. The van der Waals surface area contributed by atoms with Gasteiger partial charge in [-0.25, -0.2) is 9.80 Å². The molecule has 132 valence electrons. The van der Waals surface area contributed by atoms with Gasteiger partial charge in [0.15, 0.2) is 5.94 Å². The van der Waals surface area contributed by atoms with Gasteiger partial charge in [-0.05, 0) is 23.4 Å². The molecule has 2 aliphatic heterocycles. The van der Waals surface area contributed by atoms with E-state index >= 15 is 0 Å². The number of piperidine rings is 1. The first-order chi connectivity index (χ1) is 12.6. The minimum atomic E-state index is -0.314. The first-order valence-corrected chi connectivity index (χ1v) is 8.47. The van der Waals surface area contributed by atoms with Crippen LogP contribution in [-0.4, -0.2) is 29.8 Å². The maximum atomic E-state index is 12.4. The number of carbonyl (C=O) groups is 2. The van der Waals surface area contributed by atoms with E-state index in [-0.39, 0.29) is 30.5 Å². The molecule has 0 radical (unpaired) electrons. The van der Waals surface area contributed by atoms with Crippen molar-refractivity contribution in [1.82, 2.24) is 5.01 Å². The molecule has 2 aliphatic rings. The highest BCUT2D eigenvalue weighted by Gasteiger charge is 2.41. The van der Waals surface area contributed by atoms with Crippen LogP contribution in [0.1, 0.15) is 24.8 Å². The highest BCUT2D eigenvalue weighted by molar-refractivity contribution is 6.09. The maximum absolute atomic E-state index is 12.4. The number of hydrazine groups is 1. The molecule has 1 saturated heterocycles. The monoisotopic (exact) mass is 350 g/mol. The number of rotatable bonds is 2. The molecule has 4 rings (SSSR count). The summed E-state index contributed by atoms with van der Waals surface area (Å²) in [4.78, 5) is 38.2. The van der Waals surface area contributed by atoms with E-state index < -0.39 is 0 Å². The average Bonchev–Trinajstić information content (AvgIpc) is 2.93. The molecule has 7 heteroatoms. The number of nitrogens with two attached hydrogens (primary N) is 1. The minimum absolute atomic E-state index is 0.120. The number of nitrogens with zero attached hydrogens (tertiary/aromatic N) is 3. The molecule has 26 heavy (non-hydrogen) atoms. The van der Waals surface area contributed by atoms with Crippen LogP contribution in [0, 0.1) is 0 Å². The normalized spacial score (nSPS) is 17.2. The lowest BCUT2D eigenvalue weighted by atomic mass is 10.0. The number of amides is 2. The Morgan fingerprint density at radius 1 is 1.04 bits per heavy atom. The van der Waals surface area contributed by atoms with Crippen molar-refractivity contribution in [1.29, 1.82) is 0 Å². The van der Waals surface area contributed by atoms with Crippen molar-refractivity contribution in [2.75, 3.05) is 17.0 Å². The SMILES string of the molecule is CN1C(=C=O)N(N2C(=O)CCCC2=O)c2ccc3c(CN)cccc3c21. The summed E-state index contributed by atoms with van der Waals surface area (Å²) in [6.07, 6.45) is 1.08. The smallest absolute Gasteiger partial charge is 0.248 e. The second kappa shape index (κ2) is 5.98. The highest BCUT2D eigenvalue weighted by Crippen LogP contribution is 2.46. The van der Waals surface area contributed by atoms with Crippen LogP contribution in [0.2, 0.25) is 0 Å². The number of hydrogen-bond donors (Lipinski definition) is 1. The molecule has 2 aromatic carbocycles. The molecule has 0 bridgehead atoms. The summed E-state index contributed by atoms with van der Waals surface area (Å²) in [6, 6.07) is 9.52. The van der Waals surface area contributed by atoms with Gasteiger partial charge < -0.3 is 10.6 Å². The molecule has 0 spiro atoms. The van der Waals surface area contributed by atoms with Crippen LogP contribution in [0.4, 0.5) is 11.4 Å². The fourth-order valence-electron chi connectivity index (χ4n) is 3.74. The maximum Gasteiger partial charge on any atom is 0.248 e. The number of imide groups is 1. The van der Waals surface area contributed by atoms with Gasteiger partial charge in [0.2, 0.25) is 17.6 Å². The quantitative estimate of drug-likeness (QED) is 0.655. The highest BCUT2D eigenvalue weighted by atomic mass is 16.2. The van der Waals surface area contributed by atoms with Crippen molar-refractivity contribution in [3.05, 3.63) is 41.7 Å². The zero-order chi connectivity index (χ0) is 18.4. The lowest BCUT2D eigenvalue weighted by molar-refractivity contribution is -0.148. The van der Waals surface area contributed by atoms with E-state index in [0.717, 1.165) is 27.0 Å². The van der Waals surface area contributed by atoms with Crippen molar-refractivity contribution >= 4 is 39.9 Å². The van der Waals surface area contributed by atoms with Crippen LogP contribution in [0.15, 0.2) is 36.2 Å². The van der Waals surface area contributed by atoms with Gasteiger partial charge in [0.05, 0.1) is 11.4 Å². The van der Waals surface area contributed by atoms with Crippen LogP contribution in [0.3, 0.4) is 0 Å². The molecule has 0 aromatic heterocycles. The van der Waals surface area contributed by atoms with Crippen molar-refractivity contribution in [2.24, 2.45) is 5.73 Å². The molecular weight excluding hydrogens is 332 g/mol. The van der Waals surface area contributed by atoms with E-state index in [9.17, 15) is 14.4 Å². The Kier molecular flexibility index (Phi) is 3.76. The van der Waals surface area contributed by atoms with Crippen LogP contribution in [0.25, 0.3) is 10.8 Å². The van der Waals surface area contributed by atoms with Gasteiger partial charge in [-0.3, -0.25) is 9.59 Å². The standard InChI is InChI=1S/C19H18N4O3/c1-21-16(11-24)22(23-17(25)6-3-7-18(23)26)15-9-8-13-12(10-20)4-2-5-14(13)19(15)21/h2,4-5,8-9H,3,6-7,10,20H2,1H3. The number of anilines is 2. The lowest BCUT2D eigenvalue weighted by Crippen LogP contribution is -2.52. The van der Waals surface area contributed by atoms with Crippen molar-refractivity contribution in [2.45, 2.75) is 25.8 Å². The molecule has 2 N–H and O–H groups in total. The summed E-state index contributed by atoms with van der Waals surface area (Å²) in [5.41, 5.74) is 8.19. The second-order valence-corrected chi connectivity index (χ2v) is 6.40. The van der Waals surface area contributed by atoms with Crippen LogP contribution < -0.4 is 15.6 Å². The first kappa shape index (κ1) is 16.3. The topological polar surface area (TPSA) is 87.0 Å². The predicted octanol–water partition coefficient (Wildman–Crippen LogP) is 1.68. The third-order valence-electron chi connectivity index (χ3n) is 4.95. The summed E-state index contributed by atoms with van der Waals surface area (Å²) in [5, 5.41) is 4.34. The second-order valence-electron chi connectivity index (χ2n) is 6.40. The Morgan fingerprint density at radius 3 is 2.42 bits per heavy atom. The molecule has 1 fully saturated rings. The third-order valence-corrected chi connectivity index (χ3v) is 4.95. The van der Waals surface area contributed by atoms with Gasteiger partial charge in [-0.1, -0.05) is 24.3 Å². The first-order valence-electron chi connectivity index (χ1n) is 8.47. The fraction of sp³-hybridized carbons (Fsp3) is 0.263. The molecule has 7 nitrogen and oxygen atoms in total. The van der Waals surface area contributed by atoms with E-state index in [4.69, 9.17) is 5.73 Å². The molecule has 0 unspecified atom stereocenters. The van der Waals surface area contributed by atoms with Crippen LogP contribution >= 0.6 is 0 Å². The number of hydrogen-bond acceptors (Lipinski definition) is 6. The van der Waals surface area contributed by atoms with Crippen LogP contribution in [-0.2, 0) is 20.9 Å². The summed E-state index contributed by atoms with van der Waals surface area (Å²) >= 11 is 0. The summed E-state index contributed by atoms with van der Waals surface area (Å²) in [7, 11) is 1.73. The van der Waals surface area contributed by atoms with E-state index in [1.165, 1.54) is 5.01 Å². The average molecular weight is 350 g/mol. The summed E-state index contributed by atoms with van der Waals surface area (Å²) in [6.45, 7) is 0.392. The van der Waals surface area contributed by atoms with Gasteiger partial charge in [0, 0.05) is 31.8 Å². The Balaban J connectivity index is 1.97. The Morgan fingerprint density at radius 2 is 1.77 bits per heavy atom. The van der Waals surface area contributed by atoms with Gasteiger partial charge in [0.1, 0.15) is 0 Å². The van der Waals surface area contributed by atoms with Gasteiger partial charge in [-0.2, -0.15) is 5.01 Å². The molecule has 2 heterocycles. The molecule has 0 saturated carbocycles. The molecule has 0 atom stereocenters. The molecule has 2 aromatic rings. The zero-order valence-electron chi connectivity index (χ0n) is 14.4. The lowest BCUT2D eigenvalue weighted by Gasteiger charge is -2.33. The summed E-state index contributed by atoms with van der Waals surface area (Å²) in [5.74, 6) is 1.38.